The van der Waals surface area contributed by atoms with Gasteiger partial charge >= 0.3 is 6.09 Å². The summed E-state index contributed by atoms with van der Waals surface area (Å²) in [6, 6.07) is 1.66. The normalized spacial score (nSPS) is 15.3. The molecule has 0 aromatic carbocycles. The van der Waals surface area contributed by atoms with Crippen molar-refractivity contribution in [3.05, 3.63) is 24.4 Å². The molecule has 3 rings (SSSR count). The number of amides is 1. The van der Waals surface area contributed by atoms with Crippen molar-refractivity contribution in [3.8, 4) is 0 Å². The smallest absolute Gasteiger partial charge is 0.415 e. The van der Waals surface area contributed by atoms with Gasteiger partial charge in [-0.1, -0.05) is 26.2 Å². The maximum absolute atomic E-state index is 11.7. The molecule has 1 amide bonds. The Morgan fingerprint density at radius 3 is 2.92 bits per heavy atom. The number of nitrogens with zero attached hydrogens (tertiary/aromatic N) is 6. The highest BCUT2D eigenvalue weighted by Gasteiger charge is 2.25. The van der Waals surface area contributed by atoms with Gasteiger partial charge in [0.25, 0.3) is 0 Å². The van der Waals surface area contributed by atoms with Gasteiger partial charge in [-0.3, -0.25) is 9.58 Å². The van der Waals surface area contributed by atoms with Crippen LogP contribution in [0.1, 0.15) is 44.5 Å². The predicted molar refractivity (Wildman–Crippen MR) is 92.2 cm³/mol. The van der Waals surface area contributed by atoms with Crippen molar-refractivity contribution >= 4 is 17.9 Å². The third-order valence-electron chi connectivity index (χ3n) is 4.14. The minimum atomic E-state index is -0.377. The van der Waals surface area contributed by atoms with E-state index in [1.54, 1.807) is 23.3 Å². The van der Waals surface area contributed by atoms with Gasteiger partial charge in [0.15, 0.2) is 0 Å². The van der Waals surface area contributed by atoms with Crippen LogP contribution in [0.15, 0.2) is 18.6 Å². The van der Waals surface area contributed by atoms with Gasteiger partial charge in [0.1, 0.15) is 24.6 Å². The summed E-state index contributed by atoms with van der Waals surface area (Å²) in [5.74, 6) is 1.83. The maximum atomic E-state index is 11.7. The minimum absolute atomic E-state index is 0.0418. The molecule has 1 saturated heterocycles. The summed E-state index contributed by atoms with van der Waals surface area (Å²) in [4.78, 5) is 26.3. The minimum Gasteiger partial charge on any atom is -0.447 e. The van der Waals surface area contributed by atoms with Gasteiger partial charge in [-0.15, -0.1) is 0 Å². The molecule has 9 heteroatoms. The molecule has 1 fully saturated rings. The van der Waals surface area contributed by atoms with Gasteiger partial charge in [-0.25, -0.2) is 14.8 Å². The molecule has 3 heterocycles. The first-order valence-corrected chi connectivity index (χ1v) is 8.56. The lowest BCUT2D eigenvalue weighted by Crippen LogP contribution is -2.25. The molecular formula is C16H23N7O2. The number of hydrogen-bond donors (Lipinski definition) is 1. The summed E-state index contributed by atoms with van der Waals surface area (Å²) in [6.07, 6.45) is 7.07. The van der Waals surface area contributed by atoms with Crippen LogP contribution >= 0.6 is 0 Å². The van der Waals surface area contributed by atoms with Gasteiger partial charge in [-0.05, 0) is 12.5 Å². The van der Waals surface area contributed by atoms with Crippen LogP contribution in [-0.4, -0.2) is 44.0 Å². The number of ether oxygens (including phenoxy) is 1. The van der Waals surface area contributed by atoms with E-state index in [1.165, 1.54) is 4.90 Å². The fourth-order valence-electron chi connectivity index (χ4n) is 2.81. The van der Waals surface area contributed by atoms with Crippen molar-refractivity contribution in [2.45, 2.75) is 38.6 Å². The molecule has 1 unspecified atom stereocenters. The molecule has 1 aliphatic heterocycles. The second kappa shape index (κ2) is 7.91. The number of unbranched alkanes of at least 4 members (excludes halogenated alkanes) is 2. The number of carbonyl (C=O) groups excluding carboxylic acids is 1. The Morgan fingerprint density at radius 1 is 1.36 bits per heavy atom. The Balaban J connectivity index is 1.77. The number of rotatable bonds is 8. The van der Waals surface area contributed by atoms with Crippen molar-refractivity contribution < 1.29 is 9.53 Å². The van der Waals surface area contributed by atoms with Gasteiger partial charge in [-0.2, -0.15) is 10.1 Å². The summed E-state index contributed by atoms with van der Waals surface area (Å²) in [5, 5.41) is 7.49. The van der Waals surface area contributed by atoms with Crippen molar-refractivity contribution in [1.82, 2.24) is 24.7 Å². The Hall–Kier alpha value is -2.71. The van der Waals surface area contributed by atoms with Crippen LogP contribution in [0.4, 0.5) is 16.6 Å². The van der Waals surface area contributed by atoms with E-state index in [0.29, 0.717) is 24.9 Å². The van der Waals surface area contributed by atoms with Crippen LogP contribution < -0.4 is 10.2 Å². The fourth-order valence-corrected chi connectivity index (χ4v) is 2.81. The zero-order chi connectivity index (χ0) is 17.6. The molecule has 1 atom stereocenters. The Labute approximate surface area is 146 Å². The lowest BCUT2D eigenvalue weighted by Gasteiger charge is -2.19. The van der Waals surface area contributed by atoms with E-state index < -0.39 is 0 Å². The summed E-state index contributed by atoms with van der Waals surface area (Å²) in [7, 11) is 1.87. The molecule has 0 spiro atoms. The fraction of sp³-hybridized carbons (Fsp3) is 0.562. The molecule has 0 bridgehead atoms. The molecule has 1 N–H and O–H groups in total. The number of aromatic nitrogens is 5. The van der Waals surface area contributed by atoms with Gasteiger partial charge in [0.05, 0.1) is 12.6 Å². The van der Waals surface area contributed by atoms with Crippen LogP contribution in [0, 0.1) is 0 Å². The third-order valence-corrected chi connectivity index (χ3v) is 4.14. The first-order valence-electron chi connectivity index (χ1n) is 8.56. The highest BCUT2D eigenvalue weighted by Crippen LogP contribution is 2.23. The average Bonchev–Trinajstić information content (AvgIpc) is 3.23. The summed E-state index contributed by atoms with van der Waals surface area (Å²) < 4.78 is 6.72. The number of cyclic esters (lactones) is 1. The molecule has 25 heavy (non-hydrogen) atoms. The van der Waals surface area contributed by atoms with Crippen LogP contribution in [0.2, 0.25) is 0 Å². The highest BCUT2D eigenvalue weighted by molar-refractivity contribution is 5.88. The molecule has 0 saturated carbocycles. The standard InChI is InChI=1S/C16H23N7O2/c1-3-4-5-6-12(14-18-11-19-22(14)2)20-15-17-8-7-13(21-15)23-9-10-25-16(23)24/h7-8,11-12H,3-6,9-10H2,1-2H3,(H,17,20,21). The largest absolute Gasteiger partial charge is 0.447 e. The van der Waals surface area contributed by atoms with Crippen molar-refractivity contribution in [2.75, 3.05) is 23.4 Å². The molecule has 134 valence electrons. The van der Waals surface area contributed by atoms with E-state index in [4.69, 9.17) is 4.74 Å². The third kappa shape index (κ3) is 4.04. The zero-order valence-electron chi connectivity index (χ0n) is 14.6. The second-order valence-corrected chi connectivity index (χ2v) is 5.94. The first kappa shape index (κ1) is 17.1. The Bertz CT molecular complexity index is 718. The monoisotopic (exact) mass is 345 g/mol. The van der Waals surface area contributed by atoms with Crippen molar-refractivity contribution in [3.63, 3.8) is 0 Å². The van der Waals surface area contributed by atoms with Crippen molar-refractivity contribution in [2.24, 2.45) is 7.05 Å². The first-order chi connectivity index (χ1) is 12.2. The van der Waals surface area contributed by atoms with Gasteiger partial charge in [0, 0.05) is 13.2 Å². The van der Waals surface area contributed by atoms with E-state index in [-0.39, 0.29) is 12.1 Å². The van der Waals surface area contributed by atoms with Crippen LogP contribution in [0.3, 0.4) is 0 Å². The second-order valence-electron chi connectivity index (χ2n) is 5.94. The van der Waals surface area contributed by atoms with E-state index in [2.05, 4.69) is 32.3 Å². The highest BCUT2D eigenvalue weighted by atomic mass is 16.6. The van der Waals surface area contributed by atoms with Crippen LogP contribution in [0.5, 0.6) is 0 Å². The summed E-state index contributed by atoms with van der Waals surface area (Å²) >= 11 is 0. The summed E-state index contributed by atoms with van der Waals surface area (Å²) in [6.45, 7) is 3.05. The van der Waals surface area contributed by atoms with E-state index in [1.807, 2.05) is 7.05 Å². The average molecular weight is 345 g/mol. The van der Waals surface area contributed by atoms with Crippen LogP contribution in [-0.2, 0) is 11.8 Å². The molecule has 0 aliphatic carbocycles. The van der Waals surface area contributed by atoms with E-state index in [9.17, 15) is 4.79 Å². The number of aryl methyl sites for hydroxylation is 1. The van der Waals surface area contributed by atoms with Crippen molar-refractivity contribution in [1.29, 1.82) is 0 Å². The SMILES string of the molecule is CCCCCC(Nc1nccc(N2CCOC2=O)n1)c1ncnn1C. The molecular weight excluding hydrogens is 322 g/mol. The van der Waals surface area contributed by atoms with Crippen LogP contribution in [0.25, 0.3) is 0 Å². The number of anilines is 2. The molecule has 1 aliphatic rings. The topological polar surface area (TPSA) is 98.1 Å². The molecule has 9 nitrogen and oxygen atoms in total. The van der Waals surface area contributed by atoms with Gasteiger partial charge < -0.3 is 10.1 Å². The number of carbonyl (C=O) groups is 1. The lowest BCUT2D eigenvalue weighted by molar-refractivity contribution is 0.181. The predicted octanol–water partition coefficient (Wildman–Crippen LogP) is 2.30. The van der Waals surface area contributed by atoms with E-state index >= 15 is 0 Å². The molecule has 2 aromatic heterocycles. The number of hydrogen-bond acceptors (Lipinski definition) is 7. The number of nitrogens with one attached hydrogen (secondary N) is 1. The molecule has 0 radical (unpaired) electrons. The van der Waals surface area contributed by atoms with Gasteiger partial charge in [0.2, 0.25) is 5.95 Å². The Morgan fingerprint density at radius 2 is 2.24 bits per heavy atom. The van der Waals surface area contributed by atoms with E-state index in [0.717, 1.165) is 31.5 Å². The maximum Gasteiger partial charge on any atom is 0.415 e. The Kier molecular flexibility index (Phi) is 5.42. The quantitative estimate of drug-likeness (QED) is 0.733. The summed E-state index contributed by atoms with van der Waals surface area (Å²) in [5.41, 5.74) is 0. The lowest BCUT2D eigenvalue weighted by atomic mass is 10.1. The molecule has 2 aromatic rings. The zero-order valence-corrected chi connectivity index (χ0v) is 14.6.